The van der Waals surface area contributed by atoms with Gasteiger partial charge in [0.15, 0.2) is 11.5 Å². The molecule has 0 unspecified atom stereocenters. The fourth-order valence-corrected chi connectivity index (χ4v) is 4.77. The van der Waals surface area contributed by atoms with E-state index in [1.54, 1.807) is 7.11 Å². The van der Waals surface area contributed by atoms with Crippen LogP contribution in [0.2, 0.25) is 0 Å². The fourth-order valence-electron chi connectivity index (χ4n) is 4.77. The van der Waals surface area contributed by atoms with Crippen molar-refractivity contribution < 1.29 is 19.0 Å². The highest BCUT2D eigenvalue weighted by Crippen LogP contribution is 2.39. The Labute approximate surface area is 182 Å². The highest BCUT2D eigenvalue weighted by molar-refractivity contribution is 5.89. The Hall–Kier alpha value is -2.84. The minimum absolute atomic E-state index is 0.0702. The molecule has 0 saturated carbocycles. The van der Waals surface area contributed by atoms with Crippen LogP contribution in [-0.4, -0.2) is 72.9 Å². The summed E-state index contributed by atoms with van der Waals surface area (Å²) in [7, 11) is 1.78. The van der Waals surface area contributed by atoms with Gasteiger partial charge in [-0.25, -0.2) is 4.79 Å². The molecule has 2 atom stereocenters. The number of urea groups is 1. The topological polar surface area (TPSA) is 76.2 Å². The van der Waals surface area contributed by atoms with Gasteiger partial charge in [-0.2, -0.15) is 0 Å². The first kappa shape index (κ1) is 20.1. The number of benzene rings is 1. The first-order chi connectivity index (χ1) is 15.2. The van der Waals surface area contributed by atoms with Crippen molar-refractivity contribution >= 4 is 11.7 Å². The van der Waals surface area contributed by atoms with Crippen LogP contribution in [0.15, 0.2) is 42.7 Å². The maximum absolute atomic E-state index is 12.8. The summed E-state index contributed by atoms with van der Waals surface area (Å²) in [6.07, 6.45) is 5.78. The molecule has 4 heterocycles. The summed E-state index contributed by atoms with van der Waals surface area (Å²) < 4.78 is 16.8. The normalized spacial score (nSPS) is 23.8. The van der Waals surface area contributed by atoms with Crippen LogP contribution in [0, 0.1) is 0 Å². The Morgan fingerprint density at radius 1 is 1.10 bits per heavy atom. The minimum atomic E-state index is -0.0702. The Morgan fingerprint density at radius 3 is 2.58 bits per heavy atom. The van der Waals surface area contributed by atoms with Gasteiger partial charge in [0.25, 0.3) is 0 Å². The number of rotatable bonds is 4. The van der Waals surface area contributed by atoms with Crippen LogP contribution in [0.1, 0.15) is 24.4 Å². The Kier molecular flexibility index (Phi) is 5.65. The number of carbonyl (C=O) groups is 1. The Morgan fingerprint density at radius 2 is 1.84 bits per heavy atom. The van der Waals surface area contributed by atoms with Crippen molar-refractivity contribution in [3.05, 3.63) is 48.3 Å². The monoisotopic (exact) mass is 424 g/mol. The van der Waals surface area contributed by atoms with Crippen molar-refractivity contribution in [2.75, 3.05) is 45.3 Å². The summed E-state index contributed by atoms with van der Waals surface area (Å²) in [6, 6.07) is 10.3. The number of anilines is 1. The lowest BCUT2D eigenvalue weighted by Crippen LogP contribution is -2.60. The smallest absolute Gasteiger partial charge is 0.321 e. The molecular weight excluding hydrogens is 396 g/mol. The summed E-state index contributed by atoms with van der Waals surface area (Å²) in [5.41, 5.74) is 1.96. The number of hydrogen-bond acceptors (Lipinski definition) is 6. The number of ether oxygens (including phenoxy) is 3. The number of amides is 2. The standard InChI is InChI=1S/C23H28N4O4/c1-29-21-15-27(22(21)16-4-8-24-9-5-16)18-6-10-26(11-7-18)23(28)25-17-2-3-19-20(14-17)31-13-12-30-19/h2-5,8-9,14,18,21-22H,6-7,10-13,15H2,1H3,(H,25,28)/t21-,22-/m0/s1. The van der Waals surface area contributed by atoms with Gasteiger partial charge in [0.2, 0.25) is 0 Å². The summed E-state index contributed by atoms with van der Waals surface area (Å²) >= 11 is 0. The maximum Gasteiger partial charge on any atom is 0.321 e. The van der Waals surface area contributed by atoms with Gasteiger partial charge in [0.05, 0.1) is 12.1 Å². The molecule has 31 heavy (non-hydrogen) atoms. The predicted molar refractivity (Wildman–Crippen MR) is 116 cm³/mol. The molecule has 8 nitrogen and oxygen atoms in total. The quantitative estimate of drug-likeness (QED) is 0.813. The van der Waals surface area contributed by atoms with Crippen molar-refractivity contribution in [2.24, 2.45) is 0 Å². The third-order valence-electron chi connectivity index (χ3n) is 6.46. The van der Waals surface area contributed by atoms with Crippen molar-refractivity contribution in [3.8, 4) is 11.5 Å². The lowest BCUT2D eigenvalue weighted by Gasteiger charge is -2.53. The number of likely N-dealkylation sites (tertiary alicyclic amines) is 2. The zero-order chi connectivity index (χ0) is 21.2. The van der Waals surface area contributed by atoms with Gasteiger partial charge in [0.1, 0.15) is 13.2 Å². The average molecular weight is 425 g/mol. The maximum atomic E-state index is 12.8. The lowest BCUT2D eigenvalue weighted by molar-refractivity contribution is -0.115. The highest BCUT2D eigenvalue weighted by Gasteiger charge is 2.44. The summed E-state index contributed by atoms with van der Waals surface area (Å²) in [5, 5.41) is 3.00. The molecule has 0 spiro atoms. The minimum Gasteiger partial charge on any atom is -0.486 e. The molecule has 0 bridgehead atoms. The molecular formula is C23H28N4O4. The van der Waals surface area contributed by atoms with E-state index in [9.17, 15) is 4.79 Å². The highest BCUT2D eigenvalue weighted by atomic mass is 16.6. The molecule has 5 rings (SSSR count). The summed E-state index contributed by atoms with van der Waals surface area (Å²) in [6.45, 7) is 3.48. The van der Waals surface area contributed by atoms with Crippen LogP contribution in [0.4, 0.5) is 10.5 Å². The molecule has 164 valence electrons. The third kappa shape index (κ3) is 4.05. The van der Waals surface area contributed by atoms with E-state index >= 15 is 0 Å². The zero-order valence-corrected chi connectivity index (χ0v) is 17.7. The van der Waals surface area contributed by atoms with Gasteiger partial charge in [-0.05, 0) is 42.7 Å². The van der Waals surface area contributed by atoms with E-state index in [0.29, 0.717) is 25.0 Å². The van der Waals surface area contributed by atoms with Gasteiger partial charge in [-0.3, -0.25) is 9.88 Å². The van der Waals surface area contributed by atoms with E-state index in [0.717, 1.165) is 43.9 Å². The van der Waals surface area contributed by atoms with Gasteiger partial charge in [0, 0.05) is 56.9 Å². The van der Waals surface area contributed by atoms with Crippen LogP contribution in [-0.2, 0) is 4.74 Å². The first-order valence-corrected chi connectivity index (χ1v) is 10.9. The average Bonchev–Trinajstić information content (AvgIpc) is 2.80. The number of fused-ring (bicyclic) bond motifs is 1. The SMILES string of the molecule is CO[C@H]1CN(C2CCN(C(=O)Nc3ccc4c(c3)OCCO4)CC2)[C@H]1c1ccncc1. The number of piperidine rings is 1. The van der Waals surface area contributed by atoms with E-state index in [1.807, 2.05) is 35.5 Å². The molecule has 2 saturated heterocycles. The number of pyridine rings is 1. The van der Waals surface area contributed by atoms with Gasteiger partial charge in [-0.1, -0.05) is 0 Å². The van der Waals surface area contributed by atoms with Crippen LogP contribution in [0.5, 0.6) is 11.5 Å². The first-order valence-electron chi connectivity index (χ1n) is 10.9. The Bertz CT molecular complexity index is 917. The number of methoxy groups -OCH3 is 1. The molecule has 0 aliphatic carbocycles. The Balaban J connectivity index is 1.17. The zero-order valence-electron chi connectivity index (χ0n) is 17.7. The number of aromatic nitrogens is 1. The van der Waals surface area contributed by atoms with Gasteiger partial charge in [-0.15, -0.1) is 0 Å². The fraction of sp³-hybridized carbons (Fsp3) is 0.478. The number of hydrogen-bond donors (Lipinski definition) is 1. The van der Waals surface area contributed by atoms with Crippen molar-refractivity contribution in [2.45, 2.75) is 31.0 Å². The number of nitrogens with one attached hydrogen (secondary N) is 1. The molecule has 2 fully saturated rings. The van der Waals surface area contributed by atoms with Crippen LogP contribution in [0.25, 0.3) is 0 Å². The summed E-state index contributed by atoms with van der Waals surface area (Å²) in [4.78, 5) is 21.3. The second-order valence-electron chi connectivity index (χ2n) is 8.20. The second-order valence-corrected chi connectivity index (χ2v) is 8.20. The second kappa shape index (κ2) is 8.72. The van der Waals surface area contributed by atoms with Crippen molar-refractivity contribution in [1.29, 1.82) is 0 Å². The van der Waals surface area contributed by atoms with E-state index in [2.05, 4.69) is 27.3 Å². The molecule has 3 aliphatic rings. The third-order valence-corrected chi connectivity index (χ3v) is 6.46. The molecule has 2 aromatic rings. The van der Waals surface area contributed by atoms with Crippen molar-refractivity contribution in [1.82, 2.24) is 14.8 Å². The molecule has 1 N–H and O–H groups in total. The molecule has 0 radical (unpaired) electrons. The largest absolute Gasteiger partial charge is 0.486 e. The lowest BCUT2D eigenvalue weighted by atomic mass is 9.87. The van der Waals surface area contributed by atoms with Crippen LogP contribution in [0.3, 0.4) is 0 Å². The molecule has 3 aliphatic heterocycles. The molecule has 1 aromatic carbocycles. The van der Waals surface area contributed by atoms with Gasteiger partial charge >= 0.3 is 6.03 Å². The predicted octanol–water partition coefficient (Wildman–Crippen LogP) is 2.92. The molecule has 2 amide bonds. The van der Waals surface area contributed by atoms with E-state index in [-0.39, 0.29) is 18.2 Å². The van der Waals surface area contributed by atoms with E-state index < -0.39 is 0 Å². The molecule has 8 heteroatoms. The van der Waals surface area contributed by atoms with Gasteiger partial charge < -0.3 is 24.4 Å². The van der Waals surface area contributed by atoms with Crippen LogP contribution >= 0.6 is 0 Å². The van der Waals surface area contributed by atoms with E-state index in [4.69, 9.17) is 14.2 Å². The van der Waals surface area contributed by atoms with E-state index in [1.165, 1.54) is 5.56 Å². The molecule has 1 aromatic heterocycles. The number of nitrogens with zero attached hydrogens (tertiary/aromatic N) is 3. The van der Waals surface area contributed by atoms with Crippen molar-refractivity contribution in [3.63, 3.8) is 0 Å². The summed E-state index contributed by atoms with van der Waals surface area (Å²) in [5.74, 6) is 1.40. The van der Waals surface area contributed by atoms with Crippen LogP contribution < -0.4 is 14.8 Å². The number of carbonyl (C=O) groups excluding carboxylic acids is 1.